The molecule has 0 saturated carbocycles. The predicted octanol–water partition coefficient (Wildman–Crippen LogP) is 6.09. The van der Waals surface area contributed by atoms with E-state index in [2.05, 4.69) is 30.5 Å². The van der Waals surface area contributed by atoms with Gasteiger partial charge in [0.05, 0.1) is 11.4 Å². The summed E-state index contributed by atoms with van der Waals surface area (Å²) < 4.78 is 16.2. The van der Waals surface area contributed by atoms with Crippen molar-refractivity contribution in [1.29, 1.82) is 0 Å². The van der Waals surface area contributed by atoms with Crippen LogP contribution < -0.4 is 0 Å². The normalized spacial score (nSPS) is 15.4. The van der Waals surface area contributed by atoms with Crippen molar-refractivity contribution in [2.24, 2.45) is 0 Å². The summed E-state index contributed by atoms with van der Waals surface area (Å²) in [6.07, 6.45) is 1.76. The first-order chi connectivity index (χ1) is 14.8. The summed E-state index contributed by atoms with van der Waals surface area (Å²) in [6.45, 7) is 8.13. The first-order valence-electron chi connectivity index (χ1n) is 10.0. The van der Waals surface area contributed by atoms with E-state index < -0.39 is 11.7 Å². The highest BCUT2D eigenvalue weighted by Crippen LogP contribution is 2.35. The number of hydrogen-bond acceptors (Lipinski definition) is 3. The van der Waals surface area contributed by atoms with Crippen molar-refractivity contribution < 1.29 is 14.0 Å². The third-order valence-electron chi connectivity index (χ3n) is 5.73. The zero-order valence-electron chi connectivity index (χ0n) is 17.9. The van der Waals surface area contributed by atoms with E-state index in [0.717, 1.165) is 39.3 Å². The van der Waals surface area contributed by atoms with E-state index in [9.17, 15) is 14.0 Å². The van der Waals surface area contributed by atoms with Crippen LogP contribution in [-0.2, 0) is 11.3 Å². The molecule has 1 saturated heterocycles. The lowest BCUT2D eigenvalue weighted by Crippen LogP contribution is -2.27. The average molecular weight is 435 g/mol. The summed E-state index contributed by atoms with van der Waals surface area (Å²) in [4.78, 5) is 26.8. The number of carbonyl (C=O) groups excluding carboxylic acids is 2. The maximum atomic E-state index is 14.0. The Kier molecular flexibility index (Phi) is 5.58. The molecule has 4 nitrogen and oxygen atoms in total. The lowest BCUT2D eigenvalue weighted by molar-refractivity contribution is -0.123. The third-order valence-corrected chi connectivity index (χ3v) is 6.64. The molecule has 1 aromatic heterocycles. The summed E-state index contributed by atoms with van der Waals surface area (Å²) >= 11 is 0.894. The number of halogens is 1. The van der Waals surface area contributed by atoms with Crippen molar-refractivity contribution in [3.05, 3.63) is 92.9 Å². The Labute approximate surface area is 185 Å². The Balaban J connectivity index is 1.67. The van der Waals surface area contributed by atoms with Gasteiger partial charge in [-0.3, -0.25) is 14.5 Å². The van der Waals surface area contributed by atoms with Gasteiger partial charge >= 0.3 is 0 Å². The van der Waals surface area contributed by atoms with Gasteiger partial charge in [-0.15, -0.1) is 0 Å². The number of aromatic nitrogens is 1. The molecule has 0 unspecified atom stereocenters. The summed E-state index contributed by atoms with van der Waals surface area (Å²) in [7, 11) is 0. The first kappa shape index (κ1) is 21.1. The molecular weight excluding hydrogens is 411 g/mol. The van der Waals surface area contributed by atoms with Gasteiger partial charge in [0, 0.05) is 22.6 Å². The zero-order chi connectivity index (χ0) is 22.3. The van der Waals surface area contributed by atoms with Gasteiger partial charge in [0.1, 0.15) is 5.82 Å². The summed E-state index contributed by atoms with van der Waals surface area (Å²) in [5, 5.41) is -0.386. The predicted molar refractivity (Wildman–Crippen MR) is 123 cm³/mol. The van der Waals surface area contributed by atoms with Crippen LogP contribution in [0.25, 0.3) is 11.8 Å². The minimum atomic E-state index is -0.428. The standard InChI is InChI=1S/C25H23FN2O2S/c1-15-8-7-11-22(17(15)3)28-16(2)12-20(18(28)4)13-23-24(29)27(25(30)31-23)14-19-9-5-6-10-21(19)26/h5-13H,14H2,1-4H3/b23-13-. The fraction of sp³-hybridized carbons (Fsp3) is 0.200. The van der Waals surface area contributed by atoms with Crippen LogP contribution in [0.1, 0.15) is 33.6 Å². The Morgan fingerprint density at radius 1 is 1.00 bits per heavy atom. The molecule has 0 aliphatic carbocycles. The Morgan fingerprint density at radius 3 is 2.48 bits per heavy atom. The lowest BCUT2D eigenvalue weighted by Gasteiger charge is -2.14. The molecule has 1 aliphatic heterocycles. The Morgan fingerprint density at radius 2 is 1.74 bits per heavy atom. The highest BCUT2D eigenvalue weighted by atomic mass is 32.2. The molecule has 3 aromatic rings. The van der Waals surface area contributed by atoms with Gasteiger partial charge in [0.15, 0.2) is 0 Å². The maximum absolute atomic E-state index is 14.0. The highest BCUT2D eigenvalue weighted by Gasteiger charge is 2.35. The van der Waals surface area contributed by atoms with E-state index in [1.165, 1.54) is 17.2 Å². The van der Waals surface area contributed by atoms with Gasteiger partial charge < -0.3 is 4.57 Å². The molecule has 31 heavy (non-hydrogen) atoms. The van der Waals surface area contributed by atoms with E-state index in [0.29, 0.717) is 10.5 Å². The number of amides is 2. The minimum absolute atomic E-state index is 0.0732. The number of imide groups is 1. The molecule has 0 atom stereocenters. The summed E-state index contributed by atoms with van der Waals surface area (Å²) in [5.41, 5.74) is 6.74. The number of carbonyl (C=O) groups is 2. The van der Waals surface area contributed by atoms with Crippen molar-refractivity contribution in [2.75, 3.05) is 0 Å². The molecule has 158 valence electrons. The fourth-order valence-electron chi connectivity index (χ4n) is 3.86. The molecule has 6 heteroatoms. The van der Waals surface area contributed by atoms with Crippen LogP contribution in [0.5, 0.6) is 0 Å². The molecule has 0 radical (unpaired) electrons. The second-order valence-corrected chi connectivity index (χ2v) is 8.73. The molecule has 0 spiro atoms. The number of thioether (sulfide) groups is 1. The van der Waals surface area contributed by atoms with Gasteiger partial charge in [0.2, 0.25) is 0 Å². The molecule has 2 heterocycles. The second kappa shape index (κ2) is 8.19. The number of rotatable bonds is 4. The maximum Gasteiger partial charge on any atom is 0.293 e. The number of benzene rings is 2. The first-order valence-corrected chi connectivity index (χ1v) is 10.8. The molecule has 1 fully saturated rings. The van der Waals surface area contributed by atoms with Gasteiger partial charge in [-0.2, -0.15) is 0 Å². The van der Waals surface area contributed by atoms with Gasteiger partial charge in [-0.25, -0.2) is 4.39 Å². The van der Waals surface area contributed by atoms with Crippen molar-refractivity contribution in [3.8, 4) is 5.69 Å². The number of hydrogen-bond donors (Lipinski definition) is 0. The smallest absolute Gasteiger partial charge is 0.293 e. The Hall–Kier alpha value is -3.12. The van der Waals surface area contributed by atoms with Gasteiger partial charge in [0.25, 0.3) is 11.1 Å². The number of nitrogens with zero attached hydrogens (tertiary/aromatic N) is 2. The topological polar surface area (TPSA) is 42.3 Å². The van der Waals surface area contributed by atoms with Crippen LogP contribution in [0.4, 0.5) is 9.18 Å². The Bertz CT molecular complexity index is 1240. The highest BCUT2D eigenvalue weighted by molar-refractivity contribution is 8.18. The van der Waals surface area contributed by atoms with E-state index >= 15 is 0 Å². The van der Waals surface area contributed by atoms with E-state index in [4.69, 9.17) is 0 Å². The molecule has 2 aromatic carbocycles. The van der Waals surface area contributed by atoms with Crippen LogP contribution in [0.2, 0.25) is 0 Å². The summed E-state index contributed by atoms with van der Waals surface area (Å²) in [6, 6.07) is 14.4. The molecule has 0 bridgehead atoms. The van der Waals surface area contributed by atoms with Gasteiger partial charge in [-0.1, -0.05) is 30.3 Å². The third kappa shape index (κ3) is 3.83. The molecule has 0 N–H and O–H groups in total. The van der Waals surface area contributed by atoms with Crippen LogP contribution in [0.3, 0.4) is 0 Å². The van der Waals surface area contributed by atoms with Crippen LogP contribution in [0.15, 0.2) is 53.4 Å². The SMILES string of the molecule is Cc1cccc(-n2c(C)cc(/C=C3\SC(=O)N(Cc4ccccc4F)C3=O)c2C)c1C. The minimum Gasteiger partial charge on any atom is -0.318 e. The molecule has 2 amide bonds. The van der Waals surface area contributed by atoms with Crippen molar-refractivity contribution in [1.82, 2.24) is 9.47 Å². The molecule has 1 aliphatic rings. The van der Waals surface area contributed by atoms with E-state index in [1.807, 2.05) is 26.0 Å². The average Bonchev–Trinajstić information content (AvgIpc) is 3.15. The monoisotopic (exact) mass is 434 g/mol. The number of aryl methyl sites for hydroxylation is 2. The zero-order valence-corrected chi connectivity index (χ0v) is 18.7. The van der Waals surface area contributed by atoms with Gasteiger partial charge in [-0.05, 0) is 80.4 Å². The fourth-order valence-corrected chi connectivity index (χ4v) is 4.69. The lowest BCUT2D eigenvalue weighted by atomic mass is 10.1. The molecular formula is C25H23FN2O2S. The van der Waals surface area contributed by atoms with E-state index in [-0.39, 0.29) is 11.8 Å². The van der Waals surface area contributed by atoms with Crippen LogP contribution >= 0.6 is 11.8 Å². The summed E-state index contributed by atoms with van der Waals surface area (Å²) in [5.74, 6) is -0.822. The van der Waals surface area contributed by atoms with E-state index in [1.54, 1.807) is 24.3 Å². The second-order valence-electron chi connectivity index (χ2n) is 7.74. The van der Waals surface area contributed by atoms with Crippen molar-refractivity contribution in [2.45, 2.75) is 34.2 Å². The van der Waals surface area contributed by atoms with Crippen molar-refractivity contribution in [3.63, 3.8) is 0 Å². The molecule has 4 rings (SSSR count). The largest absolute Gasteiger partial charge is 0.318 e. The van der Waals surface area contributed by atoms with Crippen LogP contribution in [-0.4, -0.2) is 20.6 Å². The van der Waals surface area contributed by atoms with Crippen LogP contribution in [0, 0.1) is 33.5 Å². The van der Waals surface area contributed by atoms with Crippen molar-refractivity contribution >= 4 is 29.0 Å². The quantitative estimate of drug-likeness (QED) is 0.467.